The van der Waals surface area contributed by atoms with Crippen LogP contribution >= 0.6 is 11.3 Å². The number of hydrogen-bond donors (Lipinski definition) is 1. The number of amides is 2. The molecule has 2 amide bonds. The van der Waals surface area contributed by atoms with Gasteiger partial charge in [0.2, 0.25) is 0 Å². The van der Waals surface area contributed by atoms with Crippen LogP contribution in [-0.2, 0) is 9.53 Å². The van der Waals surface area contributed by atoms with Crippen LogP contribution in [0.15, 0.2) is 103 Å². The summed E-state index contributed by atoms with van der Waals surface area (Å²) < 4.78 is 5.06. The van der Waals surface area contributed by atoms with Crippen LogP contribution in [0.1, 0.15) is 44.3 Å². The summed E-state index contributed by atoms with van der Waals surface area (Å²) in [5, 5.41) is 3.87. The summed E-state index contributed by atoms with van der Waals surface area (Å²) in [6, 6.07) is 29.8. The highest BCUT2D eigenvalue weighted by Crippen LogP contribution is 2.40. The SMILES string of the molecule is CCOC(=O)c1ccc(N2C(=O)C(=CNc3nc(-c4ccc(C)cc4)c(-c4ccc(C)cc4)s3)c3ccccc3C2=O)cc1. The number of anilines is 2. The summed E-state index contributed by atoms with van der Waals surface area (Å²) in [6.45, 7) is 6.08. The molecule has 7 nitrogen and oxygen atoms in total. The smallest absolute Gasteiger partial charge is 0.338 e. The van der Waals surface area contributed by atoms with Crippen LogP contribution < -0.4 is 10.2 Å². The standard InChI is InChI=1S/C36H29N3O4S/c1-4-43-35(42)26-17-19-27(20-18-26)39-33(40)29-8-6-5-7-28(29)30(34(39)41)21-37-36-38-31(24-13-9-22(2)10-14-24)32(44-36)25-15-11-23(3)12-16-25/h5-21H,4H2,1-3H3,(H,37,38). The molecule has 44 heavy (non-hydrogen) atoms. The van der Waals surface area contributed by atoms with Gasteiger partial charge in [0, 0.05) is 22.9 Å². The van der Waals surface area contributed by atoms with Crippen molar-refractivity contribution in [3.63, 3.8) is 0 Å². The normalized spacial score (nSPS) is 13.6. The zero-order chi connectivity index (χ0) is 30.8. The first-order valence-electron chi connectivity index (χ1n) is 14.2. The molecular weight excluding hydrogens is 570 g/mol. The van der Waals surface area contributed by atoms with E-state index in [0.717, 1.165) is 32.2 Å². The van der Waals surface area contributed by atoms with Crippen LogP contribution in [0.3, 0.4) is 0 Å². The molecule has 8 heteroatoms. The van der Waals surface area contributed by atoms with Gasteiger partial charge >= 0.3 is 5.97 Å². The second-order valence-corrected chi connectivity index (χ2v) is 11.4. The van der Waals surface area contributed by atoms with Gasteiger partial charge in [-0.3, -0.25) is 9.59 Å². The fourth-order valence-corrected chi connectivity index (χ4v) is 5.97. The van der Waals surface area contributed by atoms with Crippen LogP contribution in [0, 0.1) is 13.8 Å². The van der Waals surface area contributed by atoms with Crippen LogP contribution in [0.4, 0.5) is 10.8 Å². The molecule has 1 aliphatic rings. The number of carbonyl (C=O) groups is 3. The van der Waals surface area contributed by atoms with Crippen molar-refractivity contribution in [3.8, 4) is 21.7 Å². The van der Waals surface area contributed by atoms with Crippen molar-refractivity contribution in [3.05, 3.63) is 131 Å². The van der Waals surface area contributed by atoms with Crippen LogP contribution in [-0.4, -0.2) is 29.4 Å². The molecule has 0 spiro atoms. The second kappa shape index (κ2) is 12.1. The van der Waals surface area contributed by atoms with Crippen LogP contribution in [0.5, 0.6) is 0 Å². The summed E-state index contributed by atoms with van der Waals surface area (Å²) >= 11 is 1.49. The lowest BCUT2D eigenvalue weighted by Gasteiger charge is -2.28. The number of fused-ring (bicyclic) bond motifs is 1. The molecule has 5 aromatic rings. The molecule has 6 rings (SSSR count). The Morgan fingerprint density at radius 3 is 2.07 bits per heavy atom. The molecule has 0 bridgehead atoms. The van der Waals surface area contributed by atoms with E-state index in [1.165, 1.54) is 16.9 Å². The van der Waals surface area contributed by atoms with E-state index >= 15 is 0 Å². The topological polar surface area (TPSA) is 88.6 Å². The number of rotatable bonds is 7. The third kappa shape index (κ3) is 5.55. The first-order valence-corrected chi connectivity index (χ1v) is 15.0. The molecule has 1 aromatic heterocycles. The van der Waals surface area contributed by atoms with E-state index < -0.39 is 17.8 Å². The molecule has 1 N–H and O–H groups in total. The Morgan fingerprint density at radius 1 is 0.818 bits per heavy atom. The van der Waals surface area contributed by atoms with Crippen LogP contribution in [0.25, 0.3) is 27.3 Å². The number of benzene rings is 4. The fourth-order valence-electron chi connectivity index (χ4n) is 5.01. The molecular formula is C36H29N3O4S. The molecule has 2 heterocycles. The van der Waals surface area contributed by atoms with Gasteiger partial charge in [0.25, 0.3) is 11.8 Å². The Labute approximate surface area is 259 Å². The van der Waals surface area contributed by atoms with Gasteiger partial charge in [0.1, 0.15) is 0 Å². The molecule has 0 atom stereocenters. The summed E-state index contributed by atoms with van der Waals surface area (Å²) in [6.07, 6.45) is 1.62. The molecule has 0 unspecified atom stereocenters. The fraction of sp³-hybridized carbons (Fsp3) is 0.111. The maximum atomic E-state index is 13.9. The Balaban J connectivity index is 1.38. The Morgan fingerprint density at radius 2 is 1.43 bits per heavy atom. The number of aryl methyl sites for hydroxylation is 2. The van der Waals surface area contributed by atoms with E-state index in [-0.39, 0.29) is 6.61 Å². The average Bonchev–Trinajstić information content (AvgIpc) is 3.46. The first-order chi connectivity index (χ1) is 21.3. The van der Waals surface area contributed by atoms with E-state index in [1.54, 1.807) is 61.7 Å². The van der Waals surface area contributed by atoms with Gasteiger partial charge in [-0.25, -0.2) is 14.7 Å². The number of aromatic nitrogens is 1. The zero-order valence-electron chi connectivity index (χ0n) is 24.5. The number of thiazole rings is 1. The lowest BCUT2D eigenvalue weighted by Crippen LogP contribution is -2.42. The predicted octanol–water partition coefficient (Wildman–Crippen LogP) is 7.91. The number of ether oxygens (including phenoxy) is 1. The summed E-state index contributed by atoms with van der Waals surface area (Å²) in [7, 11) is 0. The van der Waals surface area contributed by atoms with Crippen molar-refractivity contribution < 1.29 is 19.1 Å². The largest absolute Gasteiger partial charge is 0.462 e. The average molecular weight is 600 g/mol. The number of nitrogens with one attached hydrogen (secondary N) is 1. The van der Waals surface area contributed by atoms with Gasteiger partial charge in [0.15, 0.2) is 5.13 Å². The molecule has 0 fully saturated rings. The van der Waals surface area contributed by atoms with E-state index in [1.807, 2.05) is 6.92 Å². The number of nitrogens with zero attached hydrogens (tertiary/aromatic N) is 2. The van der Waals surface area contributed by atoms with E-state index in [0.29, 0.717) is 33.1 Å². The molecule has 0 saturated carbocycles. The highest BCUT2D eigenvalue weighted by Gasteiger charge is 2.36. The minimum atomic E-state index is -0.487. The predicted molar refractivity (Wildman–Crippen MR) is 175 cm³/mol. The summed E-state index contributed by atoms with van der Waals surface area (Å²) in [5.41, 5.74) is 7.14. The van der Waals surface area contributed by atoms with Crippen LogP contribution in [0.2, 0.25) is 0 Å². The lowest BCUT2D eigenvalue weighted by atomic mass is 9.93. The van der Waals surface area contributed by atoms with E-state index in [9.17, 15) is 14.4 Å². The minimum Gasteiger partial charge on any atom is -0.462 e. The van der Waals surface area contributed by atoms with Gasteiger partial charge in [-0.1, -0.05) is 89.2 Å². The van der Waals surface area contributed by atoms with Crippen molar-refractivity contribution in [2.75, 3.05) is 16.8 Å². The van der Waals surface area contributed by atoms with Crippen molar-refractivity contribution in [2.45, 2.75) is 20.8 Å². The Kier molecular flexibility index (Phi) is 7.91. The van der Waals surface area contributed by atoms with Crippen molar-refractivity contribution >= 4 is 45.5 Å². The van der Waals surface area contributed by atoms with Crippen molar-refractivity contribution in [1.29, 1.82) is 0 Å². The monoisotopic (exact) mass is 599 g/mol. The highest BCUT2D eigenvalue weighted by atomic mass is 32.1. The molecule has 0 saturated heterocycles. The maximum Gasteiger partial charge on any atom is 0.338 e. The van der Waals surface area contributed by atoms with Gasteiger partial charge in [-0.05, 0) is 56.7 Å². The van der Waals surface area contributed by atoms with E-state index in [2.05, 4.69) is 60.8 Å². The third-order valence-corrected chi connectivity index (χ3v) is 8.36. The Bertz CT molecular complexity index is 1840. The van der Waals surface area contributed by atoms with Gasteiger partial charge in [-0.15, -0.1) is 0 Å². The molecule has 218 valence electrons. The summed E-state index contributed by atoms with van der Waals surface area (Å²) in [4.78, 5) is 46.6. The maximum absolute atomic E-state index is 13.9. The molecule has 1 aliphatic heterocycles. The number of esters is 1. The van der Waals surface area contributed by atoms with E-state index in [4.69, 9.17) is 9.72 Å². The zero-order valence-corrected chi connectivity index (χ0v) is 25.3. The van der Waals surface area contributed by atoms with Gasteiger partial charge < -0.3 is 10.1 Å². The molecule has 0 radical (unpaired) electrons. The first kappa shape index (κ1) is 28.8. The summed E-state index contributed by atoms with van der Waals surface area (Å²) in [5.74, 6) is -1.40. The second-order valence-electron chi connectivity index (χ2n) is 10.4. The highest BCUT2D eigenvalue weighted by molar-refractivity contribution is 7.19. The minimum absolute atomic E-state index is 0.250. The van der Waals surface area contributed by atoms with Gasteiger partial charge in [0.05, 0.1) is 34.0 Å². The number of hydrogen-bond acceptors (Lipinski definition) is 7. The van der Waals surface area contributed by atoms with Crippen molar-refractivity contribution in [2.24, 2.45) is 0 Å². The quantitative estimate of drug-likeness (QED) is 0.116. The Hall–Kier alpha value is -5.34. The molecule has 0 aliphatic carbocycles. The number of imide groups is 1. The molecule has 4 aromatic carbocycles. The number of carbonyl (C=O) groups excluding carboxylic acids is 3. The van der Waals surface area contributed by atoms with Crippen molar-refractivity contribution in [1.82, 2.24) is 4.98 Å². The third-order valence-electron chi connectivity index (χ3n) is 7.33. The lowest BCUT2D eigenvalue weighted by molar-refractivity contribution is -0.112. The van der Waals surface area contributed by atoms with Gasteiger partial charge in [-0.2, -0.15) is 0 Å².